The van der Waals surface area contributed by atoms with Crippen LogP contribution in [0.1, 0.15) is 19.8 Å². The smallest absolute Gasteiger partial charge is 0.319 e. The average molecular weight is 382 g/mol. The van der Waals surface area contributed by atoms with Crippen molar-refractivity contribution in [3.63, 3.8) is 0 Å². The van der Waals surface area contributed by atoms with Gasteiger partial charge in [0.25, 0.3) is 0 Å². The number of carbonyl (C=O) groups is 2. The number of benzene rings is 1. The highest BCUT2D eigenvalue weighted by Crippen LogP contribution is 2.19. The molecule has 1 saturated heterocycles. The van der Waals surface area contributed by atoms with Crippen LogP contribution in [0.25, 0.3) is 0 Å². The SMILES string of the molecule is CC(=O)Nc1ccc(S(=O)(=O)NCC2CCN(C(=O)N(C)C)CC2)cc1. The summed E-state index contributed by atoms with van der Waals surface area (Å²) in [5, 5.41) is 2.60. The highest BCUT2D eigenvalue weighted by Gasteiger charge is 2.25. The van der Waals surface area contributed by atoms with Gasteiger partial charge in [-0.05, 0) is 43.0 Å². The van der Waals surface area contributed by atoms with Gasteiger partial charge in [-0.1, -0.05) is 0 Å². The van der Waals surface area contributed by atoms with E-state index in [2.05, 4.69) is 10.0 Å². The lowest BCUT2D eigenvalue weighted by Gasteiger charge is -2.33. The third-order valence-corrected chi connectivity index (χ3v) is 5.75. The number of hydrogen-bond donors (Lipinski definition) is 2. The molecule has 3 amide bonds. The summed E-state index contributed by atoms with van der Waals surface area (Å²) in [7, 11) is -0.156. The molecule has 9 heteroatoms. The first-order valence-electron chi connectivity index (χ1n) is 8.52. The monoisotopic (exact) mass is 382 g/mol. The van der Waals surface area contributed by atoms with E-state index in [0.717, 1.165) is 12.8 Å². The molecule has 1 aliphatic rings. The topological polar surface area (TPSA) is 98.8 Å². The van der Waals surface area contributed by atoms with Crippen LogP contribution in [0.5, 0.6) is 0 Å². The highest BCUT2D eigenvalue weighted by molar-refractivity contribution is 7.89. The van der Waals surface area contributed by atoms with Gasteiger partial charge in [-0.2, -0.15) is 0 Å². The fraction of sp³-hybridized carbons (Fsp3) is 0.529. The number of nitrogens with one attached hydrogen (secondary N) is 2. The van der Waals surface area contributed by atoms with E-state index < -0.39 is 10.0 Å². The lowest BCUT2D eigenvalue weighted by molar-refractivity contribution is -0.114. The Bertz CT molecular complexity index is 739. The number of rotatable bonds is 5. The summed E-state index contributed by atoms with van der Waals surface area (Å²) in [4.78, 5) is 26.4. The first kappa shape index (κ1) is 20.2. The number of carbonyl (C=O) groups excluding carboxylic acids is 2. The number of sulfonamides is 1. The van der Waals surface area contributed by atoms with E-state index in [0.29, 0.717) is 25.3 Å². The van der Waals surface area contributed by atoms with Crippen molar-refractivity contribution in [3.8, 4) is 0 Å². The van der Waals surface area contributed by atoms with Crippen LogP contribution in [0.3, 0.4) is 0 Å². The second kappa shape index (κ2) is 8.50. The molecule has 1 aromatic carbocycles. The Hall–Kier alpha value is -2.13. The summed E-state index contributed by atoms with van der Waals surface area (Å²) in [5.41, 5.74) is 0.550. The van der Waals surface area contributed by atoms with Crippen molar-refractivity contribution in [3.05, 3.63) is 24.3 Å². The van der Waals surface area contributed by atoms with Gasteiger partial charge in [0.05, 0.1) is 4.90 Å². The molecule has 1 aliphatic heterocycles. The quantitative estimate of drug-likeness (QED) is 0.802. The summed E-state index contributed by atoms with van der Waals surface area (Å²) in [6.45, 7) is 3.01. The van der Waals surface area contributed by atoms with Gasteiger partial charge in [0.1, 0.15) is 0 Å². The van der Waals surface area contributed by atoms with E-state index in [1.54, 1.807) is 36.0 Å². The fourth-order valence-corrected chi connectivity index (χ4v) is 3.96. The van der Waals surface area contributed by atoms with Crippen molar-refractivity contribution in [2.24, 2.45) is 5.92 Å². The minimum Gasteiger partial charge on any atom is -0.331 e. The highest BCUT2D eigenvalue weighted by atomic mass is 32.2. The Morgan fingerprint density at radius 1 is 1.15 bits per heavy atom. The van der Waals surface area contributed by atoms with Crippen molar-refractivity contribution in [2.45, 2.75) is 24.7 Å². The number of urea groups is 1. The second-order valence-electron chi connectivity index (χ2n) is 6.66. The zero-order valence-electron chi connectivity index (χ0n) is 15.4. The van der Waals surface area contributed by atoms with Crippen LogP contribution in [0.4, 0.5) is 10.5 Å². The Morgan fingerprint density at radius 3 is 2.23 bits per heavy atom. The molecule has 1 aromatic rings. The van der Waals surface area contributed by atoms with Crippen LogP contribution in [0.15, 0.2) is 29.2 Å². The van der Waals surface area contributed by atoms with E-state index >= 15 is 0 Å². The summed E-state index contributed by atoms with van der Waals surface area (Å²) < 4.78 is 27.4. The molecule has 0 saturated carbocycles. The molecule has 0 aliphatic carbocycles. The van der Waals surface area contributed by atoms with Gasteiger partial charge in [-0.3, -0.25) is 4.79 Å². The van der Waals surface area contributed by atoms with Gasteiger partial charge in [0, 0.05) is 46.3 Å². The molecule has 26 heavy (non-hydrogen) atoms. The molecule has 0 atom stereocenters. The van der Waals surface area contributed by atoms with Crippen LogP contribution < -0.4 is 10.0 Å². The molecule has 2 N–H and O–H groups in total. The van der Waals surface area contributed by atoms with Gasteiger partial charge in [0.15, 0.2) is 0 Å². The maximum absolute atomic E-state index is 12.4. The number of hydrogen-bond acceptors (Lipinski definition) is 4. The van der Waals surface area contributed by atoms with Gasteiger partial charge in [0.2, 0.25) is 15.9 Å². The minimum absolute atomic E-state index is 0.0108. The van der Waals surface area contributed by atoms with Crippen molar-refractivity contribution in [1.29, 1.82) is 0 Å². The van der Waals surface area contributed by atoms with Crippen molar-refractivity contribution < 1.29 is 18.0 Å². The van der Waals surface area contributed by atoms with Crippen molar-refractivity contribution in [1.82, 2.24) is 14.5 Å². The lowest BCUT2D eigenvalue weighted by atomic mass is 9.97. The summed E-state index contributed by atoms with van der Waals surface area (Å²) in [5.74, 6) is -0.00698. The molecule has 144 valence electrons. The average Bonchev–Trinajstić information content (AvgIpc) is 2.60. The van der Waals surface area contributed by atoms with Gasteiger partial charge < -0.3 is 15.1 Å². The number of anilines is 1. The normalized spacial score (nSPS) is 15.6. The van der Waals surface area contributed by atoms with Crippen LogP contribution in [-0.4, -0.2) is 63.9 Å². The van der Waals surface area contributed by atoms with E-state index in [9.17, 15) is 18.0 Å². The first-order chi connectivity index (χ1) is 12.2. The maximum Gasteiger partial charge on any atom is 0.319 e. The molecule has 0 aromatic heterocycles. The molecule has 1 heterocycles. The lowest BCUT2D eigenvalue weighted by Crippen LogP contribution is -2.45. The predicted molar refractivity (Wildman–Crippen MR) is 99.3 cm³/mol. The number of piperidine rings is 1. The molecule has 8 nitrogen and oxygen atoms in total. The predicted octanol–water partition coefficient (Wildman–Crippen LogP) is 1.32. The minimum atomic E-state index is -3.60. The first-order valence-corrected chi connectivity index (χ1v) is 10.0. The Labute approximate surface area is 154 Å². The van der Waals surface area contributed by atoms with E-state index in [1.165, 1.54) is 19.1 Å². The molecule has 2 rings (SSSR count). The molecular formula is C17H26N4O4S. The van der Waals surface area contributed by atoms with Crippen LogP contribution in [0, 0.1) is 5.92 Å². The Balaban J connectivity index is 1.87. The molecule has 0 bridgehead atoms. The molecule has 0 spiro atoms. The van der Waals surface area contributed by atoms with Gasteiger partial charge in [-0.25, -0.2) is 17.9 Å². The fourth-order valence-electron chi connectivity index (χ4n) is 2.84. The second-order valence-corrected chi connectivity index (χ2v) is 8.43. The number of nitrogens with zero attached hydrogens (tertiary/aromatic N) is 2. The molecular weight excluding hydrogens is 356 g/mol. The summed E-state index contributed by atoms with van der Waals surface area (Å²) in [6.07, 6.45) is 1.53. The summed E-state index contributed by atoms with van der Waals surface area (Å²) >= 11 is 0. The zero-order chi connectivity index (χ0) is 19.3. The van der Waals surface area contributed by atoms with Gasteiger partial charge in [-0.15, -0.1) is 0 Å². The van der Waals surface area contributed by atoms with Gasteiger partial charge >= 0.3 is 6.03 Å². The van der Waals surface area contributed by atoms with E-state index in [4.69, 9.17) is 0 Å². The molecule has 0 unspecified atom stereocenters. The Morgan fingerprint density at radius 2 is 1.73 bits per heavy atom. The Kier molecular flexibility index (Phi) is 6.60. The van der Waals surface area contributed by atoms with Crippen LogP contribution in [0.2, 0.25) is 0 Å². The molecule has 1 fully saturated rings. The van der Waals surface area contributed by atoms with Crippen molar-refractivity contribution in [2.75, 3.05) is 39.0 Å². The van der Waals surface area contributed by atoms with E-state index in [1.807, 2.05) is 0 Å². The van der Waals surface area contributed by atoms with Crippen LogP contribution >= 0.6 is 0 Å². The van der Waals surface area contributed by atoms with Crippen molar-refractivity contribution >= 4 is 27.6 Å². The maximum atomic E-state index is 12.4. The molecule has 0 radical (unpaired) electrons. The third kappa shape index (κ3) is 5.43. The summed E-state index contributed by atoms with van der Waals surface area (Å²) in [6, 6.07) is 6.03. The standard InChI is InChI=1S/C17H26N4O4S/c1-13(22)19-15-4-6-16(7-5-15)26(24,25)18-12-14-8-10-21(11-9-14)17(23)20(2)3/h4-7,14,18H,8-12H2,1-3H3,(H,19,22). The largest absolute Gasteiger partial charge is 0.331 e. The number of likely N-dealkylation sites (tertiary alicyclic amines) is 1. The van der Waals surface area contributed by atoms with Crippen LogP contribution in [-0.2, 0) is 14.8 Å². The zero-order valence-corrected chi connectivity index (χ0v) is 16.2. The third-order valence-electron chi connectivity index (χ3n) is 4.31. The van der Waals surface area contributed by atoms with E-state index in [-0.39, 0.29) is 22.8 Å². The number of amides is 3.